The van der Waals surface area contributed by atoms with Crippen LogP contribution in [0.15, 0.2) is 11.6 Å². The van der Waals surface area contributed by atoms with Gasteiger partial charge in [-0.1, -0.05) is 6.08 Å². The number of aliphatic carboxylic acids is 1. The summed E-state index contributed by atoms with van der Waals surface area (Å²) >= 11 is 0. The quantitative estimate of drug-likeness (QED) is 0.802. The fraction of sp³-hybridized carbons (Fsp3) is 0.733. The molecule has 0 aromatic rings. The van der Waals surface area contributed by atoms with Gasteiger partial charge in [0, 0.05) is 32.8 Å². The van der Waals surface area contributed by atoms with Crippen molar-refractivity contribution in [2.24, 2.45) is 0 Å². The van der Waals surface area contributed by atoms with Gasteiger partial charge in [-0.2, -0.15) is 0 Å². The second-order valence-electron chi connectivity index (χ2n) is 5.71. The summed E-state index contributed by atoms with van der Waals surface area (Å²) < 4.78 is 5.11. The van der Waals surface area contributed by atoms with Crippen LogP contribution >= 0.6 is 0 Å². The highest BCUT2D eigenvalue weighted by Crippen LogP contribution is 2.22. The highest BCUT2D eigenvalue weighted by molar-refractivity contribution is 5.76. The number of likely N-dealkylation sites (tertiary alicyclic amines) is 1. The van der Waals surface area contributed by atoms with Gasteiger partial charge in [-0.15, -0.1) is 0 Å². The SMILES string of the molecule is COCC1=CCN(C(=O)N2CCCCC2CC(=O)O)CC1. The van der Waals surface area contributed by atoms with Gasteiger partial charge in [-0.3, -0.25) is 4.79 Å². The second kappa shape index (κ2) is 7.45. The van der Waals surface area contributed by atoms with Crippen LogP contribution in [0.1, 0.15) is 32.1 Å². The predicted octanol–water partition coefficient (Wildman–Crippen LogP) is 1.71. The van der Waals surface area contributed by atoms with E-state index in [1.165, 1.54) is 5.57 Å². The molecule has 0 spiro atoms. The molecule has 21 heavy (non-hydrogen) atoms. The third kappa shape index (κ3) is 4.20. The summed E-state index contributed by atoms with van der Waals surface area (Å²) in [6, 6.07) is -0.179. The molecule has 1 N–H and O–H groups in total. The summed E-state index contributed by atoms with van der Waals surface area (Å²) in [4.78, 5) is 27.1. The van der Waals surface area contributed by atoms with Crippen LogP contribution in [-0.4, -0.2) is 66.3 Å². The number of nitrogens with zero attached hydrogens (tertiary/aromatic N) is 2. The Balaban J connectivity index is 1.96. The molecule has 0 saturated carbocycles. The molecule has 0 radical (unpaired) electrons. The number of carboxylic acid groups (broad SMARTS) is 1. The minimum atomic E-state index is -0.833. The molecule has 2 aliphatic heterocycles. The summed E-state index contributed by atoms with van der Waals surface area (Å²) in [7, 11) is 1.67. The molecule has 1 atom stereocenters. The number of methoxy groups -OCH3 is 1. The molecular weight excluding hydrogens is 272 g/mol. The van der Waals surface area contributed by atoms with Crippen molar-refractivity contribution in [1.29, 1.82) is 0 Å². The topological polar surface area (TPSA) is 70.1 Å². The van der Waals surface area contributed by atoms with Gasteiger partial charge in [-0.25, -0.2) is 4.79 Å². The van der Waals surface area contributed by atoms with Gasteiger partial charge in [0.25, 0.3) is 0 Å². The van der Waals surface area contributed by atoms with Crippen molar-refractivity contribution in [2.75, 3.05) is 33.4 Å². The zero-order valence-corrected chi connectivity index (χ0v) is 12.6. The molecule has 2 rings (SSSR count). The maximum atomic E-state index is 12.6. The van der Waals surface area contributed by atoms with Crippen molar-refractivity contribution in [1.82, 2.24) is 9.80 Å². The number of piperidine rings is 1. The fourth-order valence-electron chi connectivity index (χ4n) is 3.05. The van der Waals surface area contributed by atoms with Crippen LogP contribution in [0.25, 0.3) is 0 Å². The van der Waals surface area contributed by atoms with Crippen molar-refractivity contribution in [2.45, 2.75) is 38.1 Å². The first-order chi connectivity index (χ1) is 10.1. The smallest absolute Gasteiger partial charge is 0.320 e. The minimum Gasteiger partial charge on any atom is -0.481 e. The summed E-state index contributed by atoms with van der Waals surface area (Å²) in [6.07, 6.45) is 5.67. The van der Waals surface area contributed by atoms with E-state index in [1.807, 2.05) is 6.08 Å². The lowest BCUT2D eigenvalue weighted by Crippen LogP contribution is -2.51. The Morgan fingerprint density at radius 1 is 1.38 bits per heavy atom. The number of ether oxygens (including phenoxy) is 1. The van der Waals surface area contributed by atoms with Crippen LogP contribution in [0.5, 0.6) is 0 Å². The lowest BCUT2D eigenvalue weighted by molar-refractivity contribution is -0.138. The number of urea groups is 1. The Bertz CT molecular complexity index is 422. The number of hydrogen-bond donors (Lipinski definition) is 1. The Labute approximate surface area is 125 Å². The molecule has 0 aromatic heterocycles. The number of carboxylic acids is 1. The van der Waals surface area contributed by atoms with Crippen molar-refractivity contribution in [3.05, 3.63) is 11.6 Å². The van der Waals surface area contributed by atoms with E-state index in [-0.39, 0.29) is 18.5 Å². The first kappa shape index (κ1) is 15.8. The van der Waals surface area contributed by atoms with Crippen LogP contribution in [0.4, 0.5) is 4.79 Å². The maximum Gasteiger partial charge on any atom is 0.320 e. The standard InChI is InChI=1S/C15H24N2O4/c1-21-11-12-5-8-16(9-6-12)15(20)17-7-3-2-4-13(17)10-14(18)19/h5,13H,2-4,6-11H2,1H3,(H,18,19). The van der Waals surface area contributed by atoms with Crippen LogP contribution in [0.2, 0.25) is 0 Å². The molecule has 0 bridgehead atoms. The molecule has 2 heterocycles. The largest absolute Gasteiger partial charge is 0.481 e. The van der Waals surface area contributed by atoms with Crippen molar-refractivity contribution >= 4 is 12.0 Å². The number of carbonyl (C=O) groups is 2. The molecule has 1 unspecified atom stereocenters. The first-order valence-corrected chi connectivity index (χ1v) is 7.56. The van der Waals surface area contributed by atoms with Crippen molar-refractivity contribution in [3.63, 3.8) is 0 Å². The predicted molar refractivity (Wildman–Crippen MR) is 78.1 cm³/mol. The molecule has 1 saturated heterocycles. The summed E-state index contributed by atoms with van der Waals surface area (Å²) in [5, 5.41) is 8.99. The van der Waals surface area contributed by atoms with Gasteiger partial charge in [-0.05, 0) is 31.3 Å². The molecule has 1 fully saturated rings. The molecule has 2 amide bonds. The lowest BCUT2D eigenvalue weighted by atomic mass is 9.99. The molecule has 0 aliphatic carbocycles. The molecular formula is C15H24N2O4. The third-order valence-electron chi connectivity index (χ3n) is 4.19. The fourth-order valence-corrected chi connectivity index (χ4v) is 3.05. The van der Waals surface area contributed by atoms with Gasteiger partial charge in [0.05, 0.1) is 13.0 Å². The van der Waals surface area contributed by atoms with Gasteiger partial charge < -0.3 is 19.6 Å². The summed E-state index contributed by atoms with van der Waals surface area (Å²) in [6.45, 7) is 2.56. The highest BCUT2D eigenvalue weighted by atomic mass is 16.5. The molecule has 6 nitrogen and oxygen atoms in total. The third-order valence-corrected chi connectivity index (χ3v) is 4.19. The minimum absolute atomic E-state index is 0.0198. The Morgan fingerprint density at radius 3 is 2.81 bits per heavy atom. The van der Waals surface area contributed by atoms with E-state index in [9.17, 15) is 9.59 Å². The van der Waals surface area contributed by atoms with Gasteiger partial charge in [0.2, 0.25) is 0 Å². The van der Waals surface area contributed by atoms with Crippen LogP contribution in [0, 0.1) is 0 Å². The van der Waals surface area contributed by atoms with Gasteiger partial charge >= 0.3 is 12.0 Å². The summed E-state index contributed by atoms with van der Waals surface area (Å²) in [5.74, 6) is -0.833. The Kier molecular flexibility index (Phi) is 5.61. The molecule has 2 aliphatic rings. The number of amides is 2. The van der Waals surface area contributed by atoms with Crippen LogP contribution in [0.3, 0.4) is 0 Å². The van der Waals surface area contributed by atoms with Crippen molar-refractivity contribution < 1.29 is 19.4 Å². The Hall–Kier alpha value is -1.56. The van der Waals surface area contributed by atoms with Crippen LogP contribution in [-0.2, 0) is 9.53 Å². The molecule has 6 heteroatoms. The van der Waals surface area contributed by atoms with E-state index in [1.54, 1.807) is 16.9 Å². The second-order valence-corrected chi connectivity index (χ2v) is 5.71. The number of carbonyl (C=O) groups excluding carboxylic acids is 1. The van der Waals surface area contributed by atoms with E-state index in [4.69, 9.17) is 9.84 Å². The number of hydrogen-bond acceptors (Lipinski definition) is 3. The lowest BCUT2D eigenvalue weighted by Gasteiger charge is -2.39. The Morgan fingerprint density at radius 2 is 2.19 bits per heavy atom. The zero-order valence-electron chi connectivity index (χ0n) is 12.6. The zero-order chi connectivity index (χ0) is 15.2. The summed E-state index contributed by atoms with van der Waals surface area (Å²) in [5.41, 5.74) is 1.22. The van der Waals surface area contributed by atoms with E-state index in [0.717, 1.165) is 25.7 Å². The number of rotatable bonds is 4. The normalized spacial score (nSPS) is 22.9. The average Bonchev–Trinajstić information content (AvgIpc) is 2.48. The van der Waals surface area contributed by atoms with E-state index in [2.05, 4.69) is 0 Å². The van der Waals surface area contributed by atoms with E-state index >= 15 is 0 Å². The molecule has 118 valence electrons. The van der Waals surface area contributed by atoms with Gasteiger partial charge in [0.1, 0.15) is 0 Å². The first-order valence-electron chi connectivity index (χ1n) is 7.56. The highest BCUT2D eigenvalue weighted by Gasteiger charge is 2.31. The van der Waals surface area contributed by atoms with Gasteiger partial charge in [0.15, 0.2) is 0 Å². The van der Waals surface area contributed by atoms with E-state index in [0.29, 0.717) is 26.2 Å². The monoisotopic (exact) mass is 296 g/mol. The average molecular weight is 296 g/mol. The van der Waals surface area contributed by atoms with Crippen molar-refractivity contribution in [3.8, 4) is 0 Å². The van der Waals surface area contributed by atoms with E-state index < -0.39 is 5.97 Å². The maximum absolute atomic E-state index is 12.6. The molecule has 0 aromatic carbocycles. The van der Waals surface area contributed by atoms with Crippen LogP contribution < -0.4 is 0 Å².